The van der Waals surface area contributed by atoms with Crippen molar-refractivity contribution in [2.75, 3.05) is 5.32 Å². The Hall–Kier alpha value is -3.18. The maximum absolute atomic E-state index is 14.1. The number of halogens is 7. The second kappa shape index (κ2) is 7.33. The number of aromatic nitrogens is 1. The first-order chi connectivity index (χ1) is 13.2. The van der Waals surface area contributed by atoms with Crippen molar-refractivity contribution >= 4 is 17.6 Å². The number of anilines is 1. The van der Waals surface area contributed by atoms with Gasteiger partial charge in [-0.15, -0.1) is 0 Å². The number of pyridine rings is 1. The minimum Gasteiger partial charge on any atom is -0.478 e. The average Bonchev–Trinajstić information content (AvgIpc) is 2.60. The van der Waals surface area contributed by atoms with Crippen molar-refractivity contribution in [3.63, 3.8) is 0 Å². The van der Waals surface area contributed by atoms with Crippen LogP contribution in [0.25, 0.3) is 0 Å². The van der Waals surface area contributed by atoms with Gasteiger partial charge in [0, 0.05) is 23.6 Å². The summed E-state index contributed by atoms with van der Waals surface area (Å²) in [4.78, 5) is 27.0. The molecular weight excluding hydrogens is 413 g/mol. The number of carboxylic acids is 1. The third kappa shape index (κ3) is 4.00. The van der Waals surface area contributed by atoms with Gasteiger partial charge in [-0.2, -0.15) is 26.3 Å². The van der Waals surface area contributed by atoms with Crippen LogP contribution in [0.15, 0.2) is 36.7 Å². The van der Waals surface area contributed by atoms with Crippen LogP contribution >= 0.6 is 0 Å². The molecule has 2 N–H and O–H groups in total. The van der Waals surface area contributed by atoms with Gasteiger partial charge in [0.25, 0.3) is 5.91 Å². The first-order valence-electron chi connectivity index (χ1n) is 7.62. The van der Waals surface area contributed by atoms with E-state index >= 15 is 0 Å². The van der Waals surface area contributed by atoms with Gasteiger partial charge in [-0.1, -0.05) is 12.1 Å². The standard InChI is InChI=1S/C17H11F7N2O3/c1-8-6-9(15(18,16(19,20)21)17(22,23)24)2-3-12(8)26-13(27)11-7-25-5-4-10(11)14(28)29/h2-7H,1H3,(H,26,27)(H,28,29). The molecule has 0 atom stereocenters. The van der Waals surface area contributed by atoms with E-state index in [1.54, 1.807) is 0 Å². The fourth-order valence-corrected chi connectivity index (χ4v) is 2.46. The first-order valence-corrected chi connectivity index (χ1v) is 7.62. The number of nitrogens with zero attached hydrogens (tertiary/aromatic N) is 1. The van der Waals surface area contributed by atoms with Crippen LogP contribution in [-0.4, -0.2) is 34.3 Å². The Morgan fingerprint density at radius 1 is 0.966 bits per heavy atom. The van der Waals surface area contributed by atoms with E-state index < -0.39 is 46.6 Å². The van der Waals surface area contributed by atoms with Gasteiger partial charge in [0.1, 0.15) is 0 Å². The summed E-state index contributed by atoms with van der Waals surface area (Å²) in [5.41, 5.74) is -8.69. The van der Waals surface area contributed by atoms with E-state index in [2.05, 4.69) is 10.3 Å². The first kappa shape index (κ1) is 22.1. The van der Waals surface area contributed by atoms with Crippen LogP contribution in [0.2, 0.25) is 0 Å². The molecule has 0 unspecified atom stereocenters. The minimum absolute atomic E-state index is 0.241. The molecule has 29 heavy (non-hydrogen) atoms. The molecule has 0 fully saturated rings. The van der Waals surface area contributed by atoms with E-state index in [9.17, 15) is 40.3 Å². The second-order valence-corrected chi connectivity index (χ2v) is 5.86. The van der Waals surface area contributed by atoms with Crippen molar-refractivity contribution in [3.05, 3.63) is 58.9 Å². The average molecular weight is 424 g/mol. The molecule has 1 aromatic carbocycles. The highest BCUT2D eigenvalue weighted by Crippen LogP contribution is 2.53. The number of carbonyl (C=O) groups is 2. The lowest BCUT2D eigenvalue weighted by Gasteiger charge is -2.30. The Labute approximate surface area is 158 Å². The smallest absolute Gasteiger partial charge is 0.435 e. The zero-order chi connectivity index (χ0) is 22.2. The number of nitrogens with one attached hydrogen (secondary N) is 1. The van der Waals surface area contributed by atoms with E-state index in [1.807, 2.05) is 0 Å². The second-order valence-electron chi connectivity index (χ2n) is 5.86. The third-order valence-electron chi connectivity index (χ3n) is 3.95. The number of aromatic carboxylic acids is 1. The number of rotatable bonds is 4. The third-order valence-corrected chi connectivity index (χ3v) is 3.95. The summed E-state index contributed by atoms with van der Waals surface area (Å²) in [6.45, 7) is 1.05. The predicted molar refractivity (Wildman–Crippen MR) is 85.2 cm³/mol. The number of amides is 1. The number of hydrogen-bond acceptors (Lipinski definition) is 3. The molecule has 156 valence electrons. The molecule has 0 aliphatic rings. The molecule has 2 aromatic rings. The van der Waals surface area contributed by atoms with Crippen molar-refractivity contribution in [2.45, 2.75) is 24.9 Å². The van der Waals surface area contributed by atoms with Crippen LogP contribution in [0.1, 0.15) is 31.8 Å². The number of hydrogen-bond donors (Lipinski definition) is 2. The maximum Gasteiger partial charge on any atom is 0.435 e. The Kier molecular flexibility index (Phi) is 5.59. The van der Waals surface area contributed by atoms with Crippen molar-refractivity contribution < 1.29 is 45.4 Å². The maximum atomic E-state index is 14.1. The highest BCUT2D eigenvalue weighted by atomic mass is 19.4. The van der Waals surface area contributed by atoms with Crippen LogP contribution < -0.4 is 5.32 Å². The van der Waals surface area contributed by atoms with E-state index in [4.69, 9.17) is 5.11 Å². The zero-order valence-corrected chi connectivity index (χ0v) is 14.3. The van der Waals surface area contributed by atoms with Gasteiger partial charge in [-0.05, 0) is 24.6 Å². The largest absolute Gasteiger partial charge is 0.478 e. The van der Waals surface area contributed by atoms with Gasteiger partial charge in [-0.25, -0.2) is 9.18 Å². The molecule has 0 saturated carbocycles. The van der Waals surface area contributed by atoms with Gasteiger partial charge >= 0.3 is 24.0 Å². The molecule has 2 rings (SSSR count). The lowest BCUT2D eigenvalue weighted by molar-refractivity contribution is -0.348. The molecule has 0 saturated heterocycles. The van der Waals surface area contributed by atoms with Crippen molar-refractivity contribution in [2.24, 2.45) is 0 Å². The fourth-order valence-electron chi connectivity index (χ4n) is 2.46. The summed E-state index contributed by atoms with van der Waals surface area (Å²) in [6.07, 6.45) is -10.5. The Bertz CT molecular complexity index is 941. The molecule has 0 radical (unpaired) electrons. The summed E-state index contributed by atoms with van der Waals surface area (Å²) in [7, 11) is 0. The lowest BCUT2D eigenvalue weighted by atomic mass is 9.92. The zero-order valence-electron chi connectivity index (χ0n) is 14.3. The fraction of sp³-hybridized carbons (Fsp3) is 0.235. The molecule has 0 aliphatic carbocycles. The van der Waals surface area contributed by atoms with Crippen molar-refractivity contribution in [3.8, 4) is 0 Å². The Morgan fingerprint density at radius 2 is 1.55 bits per heavy atom. The van der Waals surface area contributed by atoms with Gasteiger partial charge < -0.3 is 10.4 Å². The van der Waals surface area contributed by atoms with Crippen molar-refractivity contribution in [1.82, 2.24) is 4.98 Å². The number of aryl methyl sites for hydroxylation is 1. The molecule has 1 amide bonds. The van der Waals surface area contributed by atoms with E-state index in [0.29, 0.717) is 12.1 Å². The molecule has 0 spiro atoms. The number of carboxylic acid groups (broad SMARTS) is 1. The number of alkyl halides is 7. The van der Waals surface area contributed by atoms with Crippen LogP contribution in [0, 0.1) is 6.92 Å². The highest BCUT2D eigenvalue weighted by Gasteiger charge is 2.73. The topological polar surface area (TPSA) is 79.3 Å². The molecule has 5 nitrogen and oxygen atoms in total. The van der Waals surface area contributed by atoms with Crippen LogP contribution in [0.4, 0.5) is 36.4 Å². The summed E-state index contributed by atoms with van der Waals surface area (Å²) >= 11 is 0. The van der Waals surface area contributed by atoms with Crippen LogP contribution in [-0.2, 0) is 5.67 Å². The summed E-state index contributed by atoms with van der Waals surface area (Å²) < 4.78 is 91.2. The van der Waals surface area contributed by atoms with Crippen molar-refractivity contribution in [1.29, 1.82) is 0 Å². The Balaban J connectivity index is 2.43. The molecule has 1 aromatic heterocycles. The monoisotopic (exact) mass is 424 g/mol. The van der Waals surface area contributed by atoms with Crippen LogP contribution in [0.3, 0.4) is 0 Å². The molecule has 12 heteroatoms. The number of benzene rings is 1. The molecular formula is C17H11F7N2O3. The van der Waals surface area contributed by atoms with Crippen LogP contribution in [0.5, 0.6) is 0 Å². The van der Waals surface area contributed by atoms with E-state index in [1.165, 1.54) is 0 Å². The quantitative estimate of drug-likeness (QED) is 0.702. The molecule has 0 bridgehead atoms. The minimum atomic E-state index is -6.27. The highest BCUT2D eigenvalue weighted by molar-refractivity contribution is 6.10. The normalized spacial score (nSPS) is 12.6. The van der Waals surface area contributed by atoms with Gasteiger partial charge in [0.05, 0.1) is 11.1 Å². The summed E-state index contributed by atoms with van der Waals surface area (Å²) in [6, 6.07) is 2.23. The van der Waals surface area contributed by atoms with Gasteiger partial charge in [-0.3, -0.25) is 9.78 Å². The Morgan fingerprint density at radius 3 is 2.03 bits per heavy atom. The predicted octanol–water partition coefficient (Wildman–Crippen LogP) is 4.63. The lowest BCUT2D eigenvalue weighted by Crippen LogP contribution is -2.50. The van der Waals surface area contributed by atoms with E-state index in [0.717, 1.165) is 25.4 Å². The molecule has 1 heterocycles. The molecule has 0 aliphatic heterocycles. The SMILES string of the molecule is Cc1cc(C(F)(C(F)(F)F)C(F)(F)F)ccc1NC(=O)c1cnccc1C(=O)O. The van der Waals surface area contributed by atoms with Gasteiger partial charge in [0.15, 0.2) is 0 Å². The number of carbonyl (C=O) groups excluding carboxylic acids is 1. The van der Waals surface area contributed by atoms with Gasteiger partial charge in [0.2, 0.25) is 0 Å². The summed E-state index contributed by atoms with van der Waals surface area (Å²) in [5, 5.41) is 11.2. The summed E-state index contributed by atoms with van der Waals surface area (Å²) in [5.74, 6) is -2.48. The van der Waals surface area contributed by atoms with E-state index in [-0.39, 0.29) is 17.3 Å².